The summed E-state index contributed by atoms with van der Waals surface area (Å²) >= 11 is 3.33. The Morgan fingerprint density at radius 3 is 2.41 bits per heavy atom. The quantitative estimate of drug-likeness (QED) is 0.701. The van der Waals surface area contributed by atoms with Gasteiger partial charge < -0.3 is 5.32 Å². The van der Waals surface area contributed by atoms with Crippen LogP contribution in [0.1, 0.15) is 12.5 Å². The van der Waals surface area contributed by atoms with Crippen LogP contribution in [0.4, 0.5) is 11.4 Å². The Labute approximate surface area is 175 Å². The lowest BCUT2D eigenvalue weighted by molar-refractivity contribution is -0.123. The third-order valence-corrected chi connectivity index (χ3v) is 5.42. The third-order valence-electron chi connectivity index (χ3n) is 4.89. The minimum atomic E-state index is -0.928. The van der Waals surface area contributed by atoms with Gasteiger partial charge in [0.15, 0.2) is 12.1 Å². The maximum Gasteiger partial charge on any atom is 0.263 e. The molecule has 1 N–H and O–H groups in total. The first-order valence-corrected chi connectivity index (χ1v) is 9.97. The van der Waals surface area contributed by atoms with Gasteiger partial charge >= 0.3 is 0 Å². The highest BCUT2D eigenvalue weighted by atomic mass is 79.9. The predicted molar refractivity (Wildman–Crippen MR) is 110 cm³/mol. The zero-order valence-corrected chi connectivity index (χ0v) is 17.2. The zero-order valence-electron chi connectivity index (χ0n) is 15.6. The fourth-order valence-electron chi connectivity index (χ4n) is 3.37. The molecule has 0 saturated carbocycles. The van der Waals surface area contributed by atoms with Gasteiger partial charge in [0.05, 0.1) is 5.69 Å². The van der Waals surface area contributed by atoms with Crippen LogP contribution in [0, 0.1) is 0 Å². The van der Waals surface area contributed by atoms with Crippen molar-refractivity contribution in [2.75, 3.05) is 16.8 Å². The number of carbonyl (C=O) groups is 3. The van der Waals surface area contributed by atoms with Crippen molar-refractivity contribution in [1.29, 1.82) is 0 Å². The van der Waals surface area contributed by atoms with Gasteiger partial charge in [-0.1, -0.05) is 40.2 Å². The lowest BCUT2D eigenvalue weighted by atomic mass is 10.1. The molecule has 0 aliphatic carbocycles. The first kappa shape index (κ1) is 19.3. The number of nitrogens with zero attached hydrogens (tertiary/aromatic N) is 4. The molecule has 8 nitrogen and oxygen atoms in total. The molecule has 0 bridgehead atoms. The van der Waals surface area contributed by atoms with Crippen LogP contribution < -0.4 is 10.2 Å². The molecule has 2 aliphatic heterocycles. The van der Waals surface area contributed by atoms with Crippen molar-refractivity contribution in [2.45, 2.75) is 25.4 Å². The summed E-state index contributed by atoms with van der Waals surface area (Å²) in [5, 5.41) is 11.9. The van der Waals surface area contributed by atoms with Crippen LogP contribution in [0.2, 0.25) is 0 Å². The maximum absolute atomic E-state index is 12.9. The molecular formula is C20H18BrN5O3. The van der Waals surface area contributed by atoms with Crippen molar-refractivity contribution < 1.29 is 14.4 Å². The Morgan fingerprint density at radius 1 is 1.07 bits per heavy atom. The number of hydrogen-bond acceptors (Lipinski definition) is 6. The zero-order chi connectivity index (χ0) is 20.5. The minimum Gasteiger partial charge on any atom is -0.324 e. The van der Waals surface area contributed by atoms with Gasteiger partial charge in [0, 0.05) is 10.2 Å². The van der Waals surface area contributed by atoms with Crippen LogP contribution in [0.3, 0.4) is 0 Å². The minimum absolute atomic E-state index is 0.173. The molecule has 29 heavy (non-hydrogen) atoms. The number of amides is 3. The standard InChI is InChI=1S/C20H18BrN5O3/c1-2-12-3-7-14(8-4-12)22-16(27)11-25-18-17(23-24-25)19(28)26(20(18)29)15-9-5-13(21)6-10-15/h3-10,17-18H,2,11H2,1H3,(H,22,27)/t17-,18-/m1/s1. The molecule has 2 atom stereocenters. The van der Waals surface area contributed by atoms with E-state index in [-0.39, 0.29) is 12.5 Å². The first-order valence-electron chi connectivity index (χ1n) is 9.17. The average molecular weight is 456 g/mol. The largest absolute Gasteiger partial charge is 0.324 e. The van der Waals surface area contributed by atoms with Gasteiger partial charge in [0.2, 0.25) is 5.91 Å². The van der Waals surface area contributed by atoms with Crippen molar-refractivity contribution >= 4 is 45.0 Å². The van der Waals surface area contributed by atoms with E-state index in [0.717, 1.165) is 15.8 Å². The highest BCUT2D eigenvalue weighted by molar-refractivity contribution is 9.10. The van der Waals surface area contributed by atoms with Crippen LogP contribution in [0.15, 0.2) is 63.3 Å². The van der Waals surface area contributed by atoms with Gasteiger partial charge in [0.25, 0.3) is 11.8 Å². The molecular weight excluding hydrogens is 438 g/mol. The summed E-state index contributed by atoms with van der Waals surface area (Å²) in [7, 11) is 0. The van der Waals surface area contributed by atoms with Crippen LogP contribution in [-0.4, -0.2) is 41.4 Å². The number of rotatable bonds is 5. The fourth-order valence-corrected chi connectivity index (χ4v) is 3.63. The van der Waals surface area contributed by atoms with E-state index in [1.54, 1.807) is 24.3 Å². The van der Waals surface area contributed by atoms with Gasteiger partial charge in [-0.3, -0.25) is 19.4 Å². The fraction of sp³-hybridized carbons (Fsp3) is 0.250. The first-order chi connectivity index (χ1) is 14.0. The molecule has 3 amide bonds. The van der Waals surface area contributed by atoms with Gasteiger partial charge in [-0.05, 0) is 48.4 Å². The number of imide groups is 1. The molecule has 0 spiro atoms. The van der Waals surface area contributed by atoms with Gasteiger partial charge in [-0.25, -0.2) is 4.90 Å². The Balaban J connectivity index is 1.45. The molecule has 4 rings (SSSR count). The Bertz CT molecular complexity index is 990. The predicted octanol–water partition coefficient (Wildman–Crippen LogP) is 2.94. The molecule has 148 valence electrons. The van der Waals surface area contributed by atoms with E-state index in [1.807, 2.05) is 24.3 Å². The van der Waals surface area contributed by atoms with Crippen LogP contribution in [0.5, 0.6) is 0 Å². The van der Waals surface area contributed by atoms with Crippen LogP contribution in [0.25, 0.3) is 0 Å². The number of carbonyl (C=O) groups excluding carboxylic acids is 3. The van der Waals surface area contributed by atoms with Gasteiger partial charge in [-0.2, -0.15) is 5.11 Å². The molecule has 2 aliphatic rings. The summed E-state index contributed by atoms with van der Waals surface area (Å²) in [5.74, 6) is -1.22. The van der Waals surface area contributed by atoms with E-state index in [1.165, 1.54) is 10.6 Å². The summed E-state index contributed by atoms with van der Waals surface area (Å²) in [6.45, 7) is 1.88. The van der Waals surface area contributed by atoms with E-state index >= 15 is 0 Å². The summed E-state index contributed by atoms with van der Waals surface area (Å²) in [6, 6.07) is 12.6. The lowest BCUT2D eigenvalue weighted by Gasteiger charge is -2.20. The highest BCUT2D eigenvalue weighted by Gasteiger charge is 2.55. The summed E-state index contributed by atoms with van der Waals surface area (Å²) < 4.78 is 0.838. The lowest BCUT2D eigenvalue weighted by Crippen LogP contribution is -2.43. The smallest absolute Gasteiger partial charge is 0.263 e. The summed E-state index contributed by atoms with van der Waals surface area (Å²) in [6.07, 6.45) is 0.913. The van der Waals surface area contributed by atoms with Crippen molar-refractivity contribution in [3.05, 3.63) is 58.6 Å². The molecule has 0 unspecified atom stereocenters. The molecule has 2 aromatic carbocycles. The number of fused-ring (bicyclic) bond motifs is 1. The number of hydrogen-bond donors (Lipinski definition) is 1. The van der Waals surface area contributed by atoms with Crippen molar-refractivity contribution in [2.24, 2.45) is 10.3 Å². The molecule has 9 heteroatoms. The van der Waals surface area contributed by atoms with Crippen molar-refractivity contribution in [3.63, 3.8) is 0 Å². The van der Waals surface area contributed by atoms with Crippen molar-refractivity contribution in [1.82, 2.24) is 5.01 Å². The Hall–Kier alpha value is -3.07. The number of aryl methyl sites for hydroxylation is 1. The monoisotopic (exact) mass is 455 g/mol. The molecule has 2 heterocycles. The van der Waals surface area contributed by atoms with E-state index in [4.69, 9.17) is 0 Å². The second-order valence-corrected chi connectivity index (χ2v) is 7.69. The maximum atomic E-state index is 12.9. The van der Waals surface area contributed by atoms with Gasteiger partial charge in [-0.15, -0.1) is 0 Å². The average Bonchev–Trinajstić information content (AvgIpc) is 3.23. The van der Waals surface area contributed by atoms with Gasteiger partial charge in [0.1, 0.15) is 6.54 Å². The number of anilines is 2. The van der Waals surface area contributed by atoms with E-state index < -0.39 is 23.9 Å². The normalized spacial score (nSPS) is 20.3. The number of benzene rings is 2. The molecule has 1 saturated heterocycles. The topological polar surface area (TPSA) is 94.4 Å². The highest BCUT2D eigenvalue weighted by Crippen LogP contribution is 2.32. The third kappa shape index (κ3) is 3.65. The Morgan fingerprint density at radius 2 is 1.76 bits per heavy atom. The Kier molecular flexibility index (Phi) is 5.14. The van der Waals surface area contributed by atoms with E-state index in [0.29, 0.717) is 11.4 Å². The SMILES string of the molecule is CCc1ccc(NC(=O)CN2N=N[C@H]3C(=O)N(c4ccc(Br)cc4)C(=O)[C@@H]32)cc1. The number of halogens is 1. The van der Waals surface area contributed by atoms with Crippen LogP contribution >= 0.6 is 15.9 Å². The van der Waals surface area contributed by atoms with Crippen LogP contribution in [-0.2, 0) is 20.8 Å². The second-order valence-electron chi connectivity index (χ2n) is 6.78. The number of nitrogens with one attached hydrogen (secondary N) is 1. The summed E-state index contributed by atoms with van der Waals surface area (Å²) in [5.41, 5.74) is 2.29. The summed E-state index contributed by atoms with van der Waals surface area (Å²) in [4.78, 5) is 39.1. The molecule has 0 radical (unpaired) electrons. The second kappa shape index (κ2) is 7.75. The van der Waals surface area contributed by atoms with E-state index in [2.05, 4.69) is 38.5 Å². The van der Waals surface area contributed by atoms with E-state index in [9.17, 15) is 14.4 Å². The molecule has 2 aromatic rings. The molecule has 0 aromatic heterocycles. The van der Waals surface area contributed by atoms with Crippen molar-refractivity contribution in [3.8, 4) is 0 Å². The molecule has 1 fully saturated rings.